The molecule has 0 spiro atoms. The van der Waals surface area contributed by atoms with E-state index in [2.05, 4.69) is 0 Å². The maximum Gasteiger partial charge on any atom is 0.331 e. The zero-order valence-corrected chi connectivity index (χ0v) is 13.7. The van der Waals surface area contributed by atoms with Crippen molar-refractivity contribution in [2.75, 3.05) is 6.61 Å². The molecule has 0 radical (unpaired) electrons. The molecule has 0 fully saturated rings. The number of carbonyl (C=O) groups is 2. The lowest BCUT2D eigenvalue weighted by atomic mass is 9.98. The molecule has 0 atom stereocenters. The first kappa shape index (κ1) is 16.2. The Kier molecular flexibility index (Phi) is 5.28. The number of esters is 1. The zero-order chi connectivity index (χ0) is 16.1. The van der Waals surface area contributed by atoms with Gasteiger partial charge in [0.15, 0.2) is 6.61 Å². The van der Waals surface area contributed by atoms with Crippen molar-refractivity contribution in [1.29, 1.82) is 0 Å². The third kappa shape index (κ3) is 4.15. The van der Waals surface area contributed by atoms with Gasteiger partial charge in [0, 0.05) is 16.5 Å². The van der Waals surface area contributed by atoms with Gasteiger partial charge in [0.1, 0.15) is 0 Å². The molecule has 1 aromatic carbocycles. The third-order valence-corrected chi connectivity index (χ3v) is 4.25. The molecule has 22 heavy (non-hydrogen) atoms. The number of ketones is 1. The minimum absolute atomic E-state index is 0.182. The largest absolute Gasteiger partial charge is 0.454 e. The van der Waals surface area contributed by atoms with Gasteiger partial charge in [0.05, 0.1) is 0 Å². The van der Waals surface area contributed by atoms with E-state index in [0.29, 0.717) is 5.56 Å². The van der Waals surface area contributed by atoms with Gasteiger partial charge in [-0.2, -0.15) is 0 Å². The summed E-state index contributed by atoms with van der Waals surface area (Å²) < 4.78 is 5.01. The number of benzene rings is 1. The summed E-state index contributed by atoms with van der Waals surface area (Å²) in [4.78, 5) is 24.8. The molecule has 3 nitrogen and oxygen atoms in total. The summed E-state index contributed by atoms with van der Waals surface area (Å²) in [5, 5.41) is 1.93. The fourth-order valence-electron chi connectivity index (χ4n) is 2.06. The Balaban J connectivity index is 1.95. The Bertz CT molecular complexity index is 712. The molecule has 0 N–H and O–H groups in total. The van der Waals surface area contributed by atoms with Crippen LogP contribution in [0.5, 0.6) is 0 Å². The summed E-state index contributed by atoms with van der Waals surface area (Å²) in [6.07, 6.45) is 3.02. The van der Waals surface area contributed by atoms with Gasteiger partial charge in [0.25, 0.3) is 0 Å². The molecular weight excluding hydrogens is 296 g/mol. The van der Waals surface area contributed by atoms with Gasteiger partial charge < -0.3 is 4.74 Å². The number of thiophene rings is 1. The van der Waals surface area contributed by atoms with Crippen LogP contribution in [0.1, 0.15) is 31.9 Å². The van der Waals surface area contributed by atoms with Crippen LogP contribution in [0.15, 0.2) is 35.7 Å². The van der Waals surface area contributed by atoms with Gasteiger partial charge in [-0.1, -0.05) is 12.1 Å². The van der Waals surface area contributed by atoms with Crippen LogP contribution in [0.25, 0.3) is 6.08 Å². The summed E-state index contributed by atoms with van der Waals surface area (Å²) in [7, 11) is 0. The summed E-state index contributed by atoms with van der Waals surface area (Å²) >= 11 is 1.53. The maximum atomic E-state index is 12.2. The lowest BCUT2D eigenvalue weighted by Gasteiger charge is -2.09. The summed E-state index contributed by atoms with van der Waals surface area (Å²) in [6.45, 7) is 5.61. The minimum Gasteiger partial charge on any atom is -0.454 e. The van der Waals surface area contributed by atoms with Crippen LogP contribution in [-0.2, 0) is 9.53 Å². The normalized spacial score (nSPS) is 10.9. The van der Waals surface area contributed by atoms with Crippen LogP contribution >= 0.6 is 11.3 Å². The molecule has 0 aliphatic rings. The Hall–Kier alpha value is -2.20. The van der Waals surface area contributed by atoms with E-state index in [0.717, 1.165) is 21.6 Å². The van der Waals surface area contributed by atoms with Gasteiger partial charge in [-0.3, -0.25) is 4.79 Å². The van der Waals surface area contributed by atoms with E-state index in [1.54, 1.807) is 6.08 Å². The van der Waals surface area contributed by atoms with Crippen molar-refractivity contribution in [3.05, 3.63) is 62.9 Å². The Morgan fingerprint density at radius 2 is 1.86 bits per heavy atom. The summed E-state index contributed by atoms with van der Waals surface area (Å²) in [5.74, 6) is -0.693. The Morgan fingerprint density at radius 1 is 1.14 bits per heavy atom. The first-order valence-electron chi connectivity index (χ1n) is 6.97. The molecule has 0 bridgehead atoms. The summed E-state index contributed by atoms with van der Waals surface area (Å²) in [5.41, 5.74) is 3.71. The van der Waals surface area contributed by atoms with Crippen molar-refractivity contribution in [2.24, 2.45) is 0 Å². The number of Topliss-reactive ketones (excluding diaryl/α,β-unsaturated/α-hetero) is 1. The zero-order valence-electron chi connectivity index (χ0n) is 12.9. The average molecular weight is 314 g/mol. The second-order valence-electron chi connectivity index (χ2n) is 5.13. The van der Waals surface area contributed by atoms with Crippen molar-refractivity contribution in [3.63, 3.8) is 0 Å². The standard InChI is InChI=1S/C18H18O3S/c1-12-9-14(3)16(10-13(12)2)17(19)11-21-18(20)7-6-15-5-4-8-22-15/h4-10H,11H2,1-3H3. The van der Waals surface area contributed by atoms with E-state index in [1.807, 2.05) is 50.4 Å². The summed E-state index contributed by atoms with van der Waals surface area (Å²) in [6, 6.07) is 7.63. The van der Waals surface area contributed by atoms with E-state index in [9.17, 15) is 9.59 Å². The molecular formula is C18H18O3S. The highest BCUT2D eigenvalue weighted by Crippen LogP contribution is 2.16. The third-order valence-electron chi connectivity index (χ3n) is 3.41. The molecule has 2 aromatic rings. The van der Waals surface area contributed by atoms with Gasteiger partial charge in [-0.15, -0.1) is 11.3 Å². The SMILES string of the molecule is Cc1cc(C)c(C(=O)COC(=O)C=Cc2cccs2)cc1C. The molecule has 2 rings (SSSR count). The number of ether oxygens (including phenoxy) is 1. The first-order valence-corrected chi connectivity index (χ1v) is 7.84. The van der Waals surface area contributed by atoms with Crippen molar-refractivity contribution < 1.29 is 14.3 Å². The molecule has 1 aromatic heterocycles. The smallest absolute Gasteiger partial charge is 0.331 e. The molecule has 0 saturated carbocycles. The van der Waals surface area contributed by atoms with E-state index < -0.39 is 5.97 Å². The minimum atomic E-state index is -0.511. The molecule has 0 amide bonds. The van der Waals surface area contributed by atoms with Crippen LogP contribution in [0.3, 0.4) is 0 Å². The molecule has 0 aliphatic heterocycles. The Morgan fingerprint density at radius 3 is 2.55 bits per heavy atom. The predicted octanol–water partition coefficient (Wildman–Crippen LogP) is 4.11. The van der Waals surface area contributed by atoms with Crippen molar-refractivity contribution in [1.82, 2.24) is 0 Å². The van der Waals surface area contributed by atoms with Crippen LogP contribution in [0.4, 0.5) is 0 Å². The van der Waals surface area contributed by atoms with Crippen molar-refractivity contribution in [3.8, 4) is 0 Å². The molecule has 4 heteroatoms. The fraction of sp³-hybridized carbons (Fsp3) is 0.222. The lowest BCUT2D eigenvalue weighted by molar-refractivity contribution is -0.136. The molecule has 0 aliphatic carbocycles. The molecule has 0 unspecified atom stereocenters. The second kappa shape index (κ2) is 7.18. The van der Waals surface area contributed by atoms with Gasteiger partial charge >= 0.3 is 5.97 Å². The molecule has 114 valence electrons. The van der Waals surface area contributed by atoms with Crippen LogP contribution in [0.2, 0.25) is 0 Å². The average Bonchev–Trinajstić information content (AvgIpc) is 2.99. The highest BCUT2D eigenvalue weighted by atomic mass is 32.1. The van der Waals surface area contributed by atoms with E-state index in [1.165, 1.54) is 17.4 Å². The first-order chi connectivity index (χ1) is 10.5. The maximum absolute atomic E-state index is 12.2. The number of carbonyl (C=O) groups excluding carboxylic acids is 2. The van der Waals surface area contributed by atoms with E-state index in [4.69, 9.17) is 4.74 Å². The predicted molar refractivity (Wildman–Crippen MR) is 89.3 cm³/mol. The van der Waals surface area contributed by atoms with Crippen molar-refractivity contribution in [2.45, 2.75) is 20.8 Å². The quantitative estimate of drug-likeness (QED) is 0.474. The van der Waals surface area contributed by atoms with Crippen LogP contribution < -0.4 is 0 Å². The van der Waals surface area contributed by atoms with Gasteiger partial charge in [0.2, 0.25) is 5.78 Å². The monoisotopic (exact) mass is 314 g/mol. The van der Waals surface area contributed by atoms with Crippen molar-refractivity contribution >= 4 is 29.2 Å². The van der Waals surface area contributed by atoms with Crippen LogP contribution in [-0.4, -0.2) is 18.4 Å². The number of aryl methyl sites for hydroxylation is 3. The topological polar surface area (TPSA) is 43.4 Å². The Labute approximate surface area is 134 Å². The number of rotatable bonds is 5. The molecule has 0 saturated heterocycles. The van der Waals surface area contributed by atoms with E-state index >= 15 is 0 Å². The molecule has 1 heterocycles. The fourth-order valence-corrected chi connectivity index (χ4v) is 2.68. The highest BCUT2D eigenvalue weighted by Gasteiger charge is 2.12. The highest BCUT2D eigenvalue weighted by molar-refractivity contribution is 7.10. The second-order valence-corrected chi connectivity index (χ2v) is 6.11. The number of hydrogen-bond acceptors (Lipinski definition) is 4. The van der Waals surface area contributed by atoms with Crippen LogP contribution in [0, 0.1) is 20.8 Å². The lowest BCUT2D eigenvalue weighted by Crippen LogP contribution is -2.14. The van der Waals surface area contributed by atoms with E-state index in [-0.39, 0.29) is 12.4 Å². The van der Waals surface area contributed by atoms with Gasteiger partial charge in [-0.05, 0) is 61.1 Å². The van der Waals surface area contributed by atoms with Gasteiger partial charge in [-0.25, -0.2) is 4.79 Å². The number of hydrogen-bond donors (Lipinski definition) is 0.